The Bertz CT molecular complexity index is 2880. The highest BCUT2D eigenvalue weighted by Crippen LogP contribution is 2.53. The standard InChI is InChI=1S/C47H30O2/c1-47(2)40-25-29(31-20-22-45-46-35(31)13-8-14-36(46)33-10-3-5-15-42(33)49-45)17-19-32(40)38-23-27-9-7-12-30(37(27)26-41(38)47)28-18-21-44-39(24-28)34-11-4-6-16-43(34)48-44/h3-26H,1-2H3. The third-order valence-corrected chi connectivity index (χ3v) is 11.1. The van der Waals surface area contributed by atoms with Gasteiger partial charge in [-0.1, -0.05) is 111 Å². The fraction of sp³-hybridized carbons (Fsp3) is 0.0638. The van der Waals surface area contributed by atoms with Crippen molar-refractivity contribution in [3.05, 3.63) is 157 Å². The minimum atomic E-state index is -0.166. The molecule has 1 aromatic heterocycles. The lowest BCUT2D eigenvalue weighted by atomic mass is 9.80. The summed E-state index contributed by atoms with van der Waals surface area (Å²) in [5, 5.41) is 7.24. The Kier molecular flexibility index (Phi) is 5.21. The predicted molar refractivity (Wildman–Crippen MR) is 203 cm³/mol. The largest absolute Gasteiger partial charge is 0.456 e. The third-order valence-electron chi connectivity index (χ3n) is 11.1. The van der Waals surface area contributed by atoms with Crippen molar-refractivity contribution in [1.29, 1.82) is 0 Å². The topological polar surface area (TPSA) is 22.4 Å². The number of fused-ring (bicyclic) bond motifs is 9. The molecule has 0 unspecified atom stereocenters. The summed E-state index contributed by atoms with van der Waals surface area (Å²) in [6, 6.07) is 52.9. The minimum Gasteiger partial charge on any atom is -0.456 e. The summed E-state index contributed by atoms with van der Waals surface area (Å²) >= 11 is 0. The van der Waals surface area contributed by atoms with Crippen LogP contribution < -0.4 is 4.74 Å². The molecule has 2 nitrogen and oxygen atoms in total. The Morgan fingerprint density at radius 1 is 0.408 bits per heavy atom. The molecule has 9 aromatic rings. The lowest BCUT2D eigenvalue weighted by Crippen LogP contribution is -2.15. The highest BCUT2D eigenvalue weighted by atomic mass is 16.5. The van der Waals surface area contributed by atoms with Crippen molar-refractivity contribution in [3.8, 4) is 56.0 Å². The first-order valence-electron chi connectivity index (χ1n) is 17.0. The van der Waals surface area contributed by atoms with Crippen molar-refractivity contribution in [2.24, 2.45) is 0 Å². The molecule has 8 aromatic carbocycles. The normalized spacial score (nSPS) is 13.8. The maximum atomic E-state index is 6.40. The number of hydrogen-bond acceptors (Lipinski definition) is 2. The van der Waals surface area contributed by atoms with Gasteiger partial charge in [-0.3, -0.25) is 0 Å². The average molecular weight is 627 g/mol. The van der Waals surface area contributed by atoms with E-state index in [4.69, 9.17) is 9.15 Å². The lowest BCUT2D eigenvalue weighted by molar-refractivity contribution is 0.487. The van der Waals surface area contributed by atoms with Gasteiger partial charge in [0.25, 0.3) is 0 Å². The molecular weight excluding hydrogens is 597 g/mol. The number of ether oxygens (including phenoxy) is 1. The summed E-state index contributed by atoms with van der Waals surface area (Å²) in [5.74, 6) is 1.84. The molecule has 0 fully saturated rings. The second kappa shape index (κ2) is 9.49. The van der Waals surface area contributed by atoms with Crippen LogP contribution in [-0.2, 0) is 5.41 Å². The van der Waals surface area contributed by atoms with Gasteiger partial charge < -0.3 is 9.15 Å². The summed E-state index contributed by atoms with van der Waals surface area (Å²) in [6.07, 6.45) is 0. The first-order chi connectivity index (χ1) is 24.0. The van der Waals surface area contributed by atoms with Crippen LogP contribution in [0.5, 0.6) is 11.5 Å². The Hall–Kier alpha value is -6.12. The molecule has 2 heterocycles. The molecule has 1 aliphatic carbocycles. The van der Waals surface area contributed by atoms with Crippen LogP contribution >= 0.6 is 0 Å². The second-order valence-electron chi connectivity index (χ2n) is 14.1. The maximum absolute atomic E-state index is 6.40. The van der Waals surface area contributed by atoms with Crippen molar-refractivity contribution in [2.75, 3.05) is 0 Å². The van der Waals surface area contributed by atoms with Gasteiger partial charge in [0, 0.05) is 27.1 Å². The number of hydrogen-bond donors (Lipinski definition) is 0. The van der Waals surface area contributed by atoms with Crippen LogP contribution in [0.25, 0.3) is 88.0 Å². The van der Waals surface area contributed by atoms with Crippen LogP contribution in [0.1, 0.15) is 25.0 Å². The van der Waals surface area contributed by atoms with E-state index in [1.165, 1.54) is 71.6 Å². The van der Waals surface area contributed by atoms with Gasteiger partial charge in [-0.2, -0.15) is 0 Å². The molecule has 0 amide bonds. The summed E-state index contributed by atoms with van der Waals surface area (Å²) in [4.78, 5) is 0. The number of rotatable bonds is 2. The zero-order chi connectivity index (χ0) is 32.4. The fourth-order valence-electron chi connectivity index (χ4n) is 8.65. The molecule has 0 atom stereocenters. The van der Waals surface area contributed by atoms with Crippen LogP contribution in [-0.4, -0.2) is 0 Å². The molecule has 0 N–H and O–H groups in total. The maximum Gasteiger partial charge on any atom is 0.135 e. The van der Waals surface area contributed by atoms with Crippen LogP contribution in [0.15, 0.2) is 150 Å². The molecular formula is C47H30O2. The third kappa shape index (κ3) is 3.66. The van der Waals surface area contributed by atoms with E-state index in [0.29, 0.717) is 0 Å². The summed E-state index contributed by atoms with van der Waals surface area (Å²) < 4.78 is 12.5. The Morgan fingerprint density at radius 2 is 1.10 bits per heavy atom. The smallest absolute Gasteiger partial charge is 0.135 e. The van der Waals surface area contributed by atoms with E-state index in [0.717, 1.165) is 39.0 Å². The Morgan fingerprint density at radius 3 is 2.06 bits per heavy atom. The molecule has 1 aliphatic heterocycles. The minimum absolute atomic E-state index is 0.166. The van der Waals surface area contributed by atoms with Gasteiger partial charge in [0.2, 0.25) is 0 Å². The molecule has 0 saturated carbocycles. The van der Waals surface area contributed by atoms with E-state index in [9.17, 15) is 0 Å². The van der Waals surface area contributed by atoms with Gasteiger partial charge >= 0.3 is 0 Å². The summed E-state index contributed by atoms with van der Waals surface area (Å²) in [6.45, 7) is 4.75. The first kappa shape index (κ1) is 26.9. The Labute approximate surface area is 283 Å². The monoisotopic (exact) mass is 626 g/mol. The van der Waals surface area contributed by atoms with Crippen molar-refractivity contribution in [3.63, 3.8) is 0 Å². The highest BCUT2D eigenvalue weighted by Gasteiger charge is 2.36. The summed E-state index contributed by atoms with van der Waals surface area (Å²) in [7, 11) is 0. The molecule has 0 spiro atoms. The Balaban J connectivity index is 1.06. The quantitative estimate of drug-likeness (QED) is 0.190. The van der Waals surface area contributed by atoms with E-state index in [-0.39, 0.29) is 5.41 Å². The van der Waals surface area contributed by atoms with E-state index in [1.54, 1.807) is 0 Å². The zero-order valence-corrected chi connectivity index (χ0v) is 27.2. The van der Waals surface area contributed by atoms with Gasteiger partial charge in [0.1, 0.15) is 22.7 Å². The van der Waals surface area contributed by atoms with E-state index < -0.39 is 0 Å². The number of benzene rings is 8. The van der Waals surface area contributed by atoms with Crippen molar-refractivity contribution < 1.29 is 9.15 Å². The average Bonchev–Trinajstić information content (AvgIpc) is 3.62. The van der Waals surface area contributed by atoms with E-state index in [2.05, 4.69) is 141 Å². The van der Waals surface area contributed by atoms with Crippen LogP contribution in [0.4, 0.5) is 0 Å². The molecule has 2 heteroatoms. The molecule has 2 aliphatic rings. The lowest BCUT2D eigenvalue weighted by Gasteiger charge is -2.24. The van der Waals surface area contributed by atoms with Crippen molar-refractivity contribution in [2.45, 2.75) is 19.3 Å². The van der Waals surface area contributed by atoms with Gasteiger partial charge in [0.05, 0.1) is 0 Å². The molecule has 11 rings (SSSR count). The zero-order valence-electron chi connectivity index (χ0n) is 27.2. The molecule has 0 saturated heterocycles. The van der Waals surface area contributed by atoms with Crippen molar-refractivity contribution >= 4 is 43.5 Å². The molecule has 0 radical (unpaired) electrons. The van der Waals surface area contributed by atoms with Gasteiger partial charge in [0.15, 0.2) is 0 Å². The second-order valence-corrected chi connectivity index (χ2v) is 14.1. The van der Waals surface area contributed by atoms with Crippen LogP contribution in [0.3, 0.4) is 0 Å². The van der Waals surface area contributed by atoms with E-state index >= 15 is 0 Å². The molecule has 0 bridgehead atoms. The molecule has 49 heavy (non-hydrogen) atoms. The highest BCUT2D eigenvalue weighted by molar-refractivity contribution is 6.11. The van der Waals surface area contributed by atoms with E-state index in [1.807, 2.05) is 18.2 Å². The number of para-hydroxylation sites is 2. The van der Waals surface area contributed by atoms with Gasteiger partial charge in [-0.05, 0) is 115 Å². The molecule has 230 valence electrons. The van der Waals surface area contributed by atoms with Crippen LogP contribution in [0, 0.1) is 0 Å². The fourth-order valence-corrected chi connectivity index (χ4v) is 8.65. The first-order valence-corrected chi connectivity index (χ1v) is 17.0. The summed E-state index contributed by atoms with van der Waals surface area (Å²) in [5.41, 5.74) is 14.4. The van der Waals surface area contributed by atoms with Gasteiger partial charge in [-0.15, -0.1) is 0 Å². The predicted octanol–water partition coefficient (Wildman–Crippen LogP) is 13.3. The SMILES string of the molecule is CC1(C)c2cc(-c3ccc4c5c(cccc35)-c3ccccc3O4)ccc2-c2cc3cccc(-c4ccc5oc6ccccc6c5c4)c3cc21. The number of furan rings is 1. The van der Waals surface area contributed by atoms with Crippen molar-refractivity contribution in [1.82, 2.24) is 0 Å². The van der Waals surface area contributed by atoms with Crippen LogP contribution in [0.2, 0.25) is 0 Å². The van der Waals surface area contributed by atoms with Gasteiger partial charge in [-0.25, -0.2) is 0 Å².